The number of carbonyl (C=O) groups excluding carboxylic acids is 1. The van der Waals surface area contributed by atoms with Gasteiger partial charge in [0, 0.05) is 30.1 Å². The van der Waals surface area contributed by atoms with Crippen LogP contribution in [0.4, 0.5) is 0 Å². The molecule has 0 atom stereocenters. The molecule has 4 nitrogen and oxygen atoms in total. The second-order valence-corrected chi connectivity index (χ2v) is 5.59. The second-order valence-electron chi connectivity index (χ2n) is 5.59. The number of hydrogen-bond donors (Lipinski definition) is 1. The quantitative estimate of drug-likeness (QED) is 0.809. The Balaban J connectivity index is 1.53. The van der Waals surface area contributed by atoms with Gasteiger partial charge < -0.3 is 10.1 Å². The molecule has 1 N–H and O–H groups in total. The molecule has 4 rings (SSSR count). The molecule has 0 fully saturated rings. The minimum Gasteiger partial charge on any atom is -0.493 e. The third-order valence-corrected chi connectivity index (χ3v) is 4.13. The van der Waals surface area contributed by atoms with Crippen molar-refractivity contribution >= 4 is 16.8 Å². The molecule has 0 saturated heterocycles. The van der Waals surface area contributed by atoms with Crippen molar-refractivity contribution in [3.63, 3.8) is 0 Å². The number of aromatic nitrogens is 1. The first-order chi connectivity index (χ1) is 11.3. The SMILES string of the molecule is O=C(NCc1ccnc2ccccc12)c1ccc2c(c1)CCO2. The van der Waals surface area contributed by atoms with Gasteiger partial charge in [0.15, 0.2) is 0 Å². The zero-order chi connectivity index (χ0) is 15.6. The Morgan fingerprint density at radius 1 is 1.17 bits per heavy atom. The molecule has 1 aliphatic rings. The summed E-state index contributed by atoms with van der Waals surface area (Å²) in [5.74, 6) is 0.822. The summed E-state index contributed by atoms with van der Waals surface area (Å²) in [7, 11) is 0. The van der Waals surface area contributed by atoms with Crippen LogP contribution in [0.2, 0.25) is 0 Å². The standard InChI is InChI=1S/C19H16N2O2/c22-19(14-5-6-18-13(11-14)8-10-23-18)21-12-15-7-9-20-17-4-2-1-3-16(15)17/h1-7,9,11H,8,10,12H2,(H,21,22). The molecule has 0 bridgehead atoms. The molecule has 1 aliphatic heterocycles. The molecule has 0 radical (unpaired) electrons. The van der Waals surface area contributed by atoms with Crippen LogP contribution in [0.1, 0.15) is 21.5 Å². The Bertz CT molecular complexity index is 884. The number of nitrogens with one attached hydrogen (secondary N) is 1. The minimum atomic E-state index is -0.0689. The fourth-order valence-corrected chi connectivity index (χ4v) is 2.91. The normalized spacial score (nSPS) is 12.7. The van der Waals surface area contributed by atoms with E-state index in [-0.39, 0.29) is 5.91 Å². The van der Waals surface area contributed by atoms with E-state index in [1.165, 1.54) is 0 Å². The van der Waals surface area contributed by atoms with Crippen LogP contribution in [-0.4, -0.2) is 17.5 Å². The van der Waals surface area contributed by atoms with Crippen molar-refractivity contribution < 1.29 is 9.53 Å². The van der Waals surface area contributed by atoms with Crippen LogP contribution in [0.25, 0.3) is 10.9 Å². The van der Waals surface area contributed by atoms with E-state index in [4.69, 9.17) is 4.74 Å². The highest BCUT2D eigenvalue weighted by molar-refractivity contribution is 5.95. The van der Waals surface area contributed by atoms with Crippen LogP contribution < -0.4 is 10.1 Å². The summed E-state index contributed by atoms with van der Waals surface area (Å²) < 4.78 is 5.47. The average molecular weight is 304 g/mol. The lowest BCUT2D eigenvalue weighted by Crippen LogP contribution is -2.23. The summed E-state index contributed by atoms with van der Waals surface area (Å²) in [6, 6.07) is 15.5. The van der Waals surface area contributed by atoms with Crippen molar-refractivity contribution in [1.29, 1.82) is 0 Å². The molecular formula is C19H16N2O2. The molecule has 4 heteroatoms. The van der Waals surface area contributed by atoms with E-state index >= 15 is 0 Å². The van der Waals surface area contributed by atoms with Crippen molar-refractivity contribution in [3.8, 4) is 5.75 Å². The number of nitrogens with zero attached hydrogens (tertiary/aromatic N) is 1. The molecular weight excluding hydrogens is 288 g/mol. The van der Waals surface area contributed by atoms with Gasteiger partial charge in [-0.25, -0.2) is 0 Å². The molecule has 3 aromatic rings. The molecule has 0 unspecified atom stereocenters. The molecule has 0 spiro atoms. The Morgan fingerprint density at radius 3 is 3.04 bits per heavy atom. The summed E-state index contributed by atoms with van der Waals surface area (Å²) >= 11 is 0. The topological polar surface area (TPSA) is 51.2 Å². The van der Waals surface area contributed by atoms with E-state index in [2.05, 4.69) is 10.3 Å². The van der Waals surface area contributed by atoms with Crippen molar-refractivity contribution in [2.75, 3.05) is 6.61 Å². The largest absolute Gasteiger partial charge is 0.493 e. The predicted octanol–water partition coefficient (Wildman–Crippen LogP) is 3.10. The Hall–Kier alpha value is -2.88. The number of fused-ring (bicyclic) bond motifs is 2. The van der Waals surface area contributed by atoms with Gasteiger partial charge in [-0.2, -0.15) is 0 Å². The Labute approximate surface area is 134 Å². The van der Waals surface area contributed by atoms with Gasteiger partial charge in [-0.15, -0.1) is 0 Å². The number of rotatable bonds is 3. The third-order valence-electron chi connectivity index (χ3n) is 4.13. The smallest absolute Gasteiger partial charge is 0.251 e. The van der Waals surface area contributed by atoms with E-state index < -0.39 is 0 Å². The van der Waals surface area contributed by atoms with Crippen molar-refractivity contribution in [3.05, 3.63) is 71.4 Å². The first kappa shape index (κ1) is 13.8. The zero-order valence-electron chi connectivity index (χ0n) is 12.6. The molecule has 1 amide bonds. The van der Waals surface area contributed by atoms with E-state index in [0.717, 1.165) is 34.2 Å². The highest BCUT2D eigenvalue weighted by Gasteiger charge is 2.15. The molecule has 2 heterocycles. The van der Waals surface area contributed by atoms with Gasteiger partial charge in [0.05, 0.1) is 12.1 Å². The third kappa shape index (κ3) is 2.63. The van der Waals surface area contributed by atoms with Crippen LogP contribution in [0, 0.1) is 0 Å². The first-order valence-corrected chi connectivity index (χ1v) is 7.68. The summed E-state index contributed by atoms with van der Waals surface area (Å²) in [4.78, 5) is 16.7. The molecule has 114 valence electrons. The van der Waals surface area contributed by atoms with Gasteiger partial charge in [-0.1, -0.05) is 18.2 Å². The molecule has 1 aromatic heterocycles. The van der Waals surface area contributed by atoms with Gasteiger partial charge >= 0.3 is 0 Å². The molecule has 0 saturated carbocycles. The number of benzene rings is 2. The first-order valence-electron chi connectivity index (χ1n) is 7.68. The highest BCUT2D eigenvalue weighted by Crippen LogP contribution is 2.25. The van der Waals surface area contributed by atoms with E-state index in [0.29, 0.717) is 18.7 Å². The van der Waals surface area contributed by atoms with Crippen LogP contribution >= 0.6 is 0 Å². The maximum atomic E-state index is 12.4. The van der Waals surface area contributed by atoms with Gasteiger partial charge in [0.2, 0.25) is 0 Å². The van der Waals surface area contributed by atoms with Crippen molar-refractivity contribution in [2.24, 2.45) is 0 Å². The van der Waals surface area contributed by atoms with Crippen LogP contribution in [-0.2, 0) is 13.0 Å². The van der Waals surface area contributed by atoms with Gasteiger partial charge in [-0.05, 0) is 41.5 Å². The fraction of sp³-hybridized carbons (Fsp3) is 0.158. The minimum absolute atomic E-state index is 0.0689. The van der Waals surface area contributed by atoms with Crippen LogP contribution in [0.15, 0.2) is 54.7 Å². The second kappa shape index (κ2) is 5.72. The lowest BCUT2D eigenvalue weighted by molar-refractivity contribution is 0.0951. The number of hydrogen-bond acceptors (Lipinski definition) is 3. The highest BCUT2D eigenvalue weighted by atomic mass is 16.5. The summed E-state index contributed by atoms with van der Waals surface area (Å²) in [5.41, 5.74) is 3.78. The number of carbonyl (C=O) groups is 1. The Kier molecular flexibility index (Phi) is 3.42. The zero-order valence-corrected chi connectivity index (χ0v) is 12.6. The number of amides is 1. The maximum Gasteiger partial charge on any atom is 0.251 e. The lowest BCUT2D eigenvalue weighted by atomic mass is 10.1. The van der Waals surface area contributed by atoms with Crippen molar-refractivity contribution in [2.45, 2.75) is 13.0 Å². The Morgan fingerprint density at radius 2 is 2.09 bits per heavy atom. The van der Waals surface area contributed by atoms with Gasteiger partial charge in [-0.3, -0.25) is 9.78 Å². The van der Waals surface area contributed by atoms with Gasteiger partial charge in [0.1, 0.15) is 5.75 Å². The molecule has 23 heavy (non-hydrogen) atoms. The summed E-state index contributed by atoms with van der Waals surface area (Å²) in [6.45, 7) is 1.18. The van der Waals surface area contributed by atoms with E-state index in [1.807, 2.05) is 48.5 Å². The van der Waals surface area contributed by atoms with Crippen LogP contribution in [0.3, 0.4) is 0 Å². The van der Waals surface area contributed by atoms with Crippen LogP contribution in [0.5, 0.6) is 5.75 Å². The van der Waals surface area contributed by atoms with Crippen molar-refractivity contribution in [1.82, 2.24) is 10.3 Å². The number of ether oxygens (including phenoxy) is 1. The number of para-hydroxylation sites is 1. The predicted molar refractivity (Wildman–Crippen MR) is 88.6 cm³/mol. The maximum absolute atomic E-state index is 12.4. The molecule has 2 aromatic carbocycles. The fourth-order valence-electron chi connectivity index (χ4n) is 2.91. The summed E-state index contributed by atoms with van der Waals surface area (Å²) in [5, 5.41) is 4.06. The lowest BCUT2D eigenvalue weighted by Gasteiger charge is -2.09. The number of pyridine rings is 1. The van der Waals surface area contributed by atoms with E-state index in [9.17, 15) is 4.79 Å². The summed E-state index contributed by atoms with van der Waals surface area (Å²) in [6.07, 6.45) is 2.64. The monoisotopic (exact) mass is 304 g/mol. The van der Waals surface area contributed by atoms with Gasteiger partial charge in [0.25, 0.3) is 5.91 Å². The average Bonchev–Trinajstić information content (AvgIpc) is 3.07. The molecule has 0 aliphatic carbocycles. The van der Waals surface area contributed by atoms with E-state index in [1.54, 1.807) is 6.20 Å².